The first-order chi connectivity index (χ1) is 10.3. The average molecular weight is 285 g/mol. The Morgan fingerprint density at radius 1 is 1.10 bits per heavy atom. The molecule has 6 nitrogen and oxygen atoms in total. The Labute approximate surface area is 124 Å². The van der Waals surface area contributed by atoms with Gasteiger partial charge in [0.25, 0.3) is 5.91 Å². The van der Waals surface area contributed by atoms with Gasteiger partial charge in [0.15, 0.2) is 0 Å². The second-order valence-electron chi connectivity index (χ2n) is 5.18. The Morgan fingerprint density at radius 3 is 2.62 bits per heavy atom. The van der Waals surface area contributed by atoms with Crippen LogP contribution in [0.15, 0.2) is 43.2 Å². The van der Waals surface area contributed by atoms with E-state index in [1.165, 1.54) is 0 Å². The number of rotatable bonds is 4. The highest BCUT2D eigenvalue weighted by atomic mass is 16.2. The van der Waals surface area contributed by atoms with Crippen LogP contribution in [0.2, 0.25) is 0 Å². The molecule has 2 aromatic rings. The van der Waals surface area contributed by atoms with Crippen molar-refractivity contribution in [2.24, 2.45) is 0 Å². The van der Waals surface area contributed by atoms with Crippen LogP contribution in [0.4, 0.5) is 0 Å². The number of amides is 1. The van der Waals surface area contributed by atoms with Crippen molar-refractivity contribution in [1.82, 2.24) is 24.3 Å². The molecule has 1 aliphatic rings. The molecule has 0 aliphatic carbocycles. The maximum atomic E-state index is 12.3. The Bertz CT molecular complexity index is 561. The average Bonchev–Trinajstić information content (AvgIpc) is 3.07. The van der Waals surface area contributed by atoms with Crippen LogP contribution >= 0.6 is 0 Å². The van der Waals surface area contributed by atoms with Gasteiger partial charge in [-0.1, -0.05) is 0 Å². The van der Waals surface area contributed by atoms with Crippen LogP contribution in [0.1, 0.15) is 10.4 Å². The number of imidazole rings is 1. The van der Waals surface area contributed by atoms with Gasteiger partial charge < -0.3 is 9.47 Å². The summed E-state index contributed by atoms with van der Waals surface area (Å²) in [5, 5.41) is 0. The minimum atomic E-state index is 0.0809. The molecule has 3 heterocycles. The normalized spacial score (nSPS) is 16.1. The van der Waals surface area contributed by atoms with E-state index in [1.54, 1.807) is 24.7 Å². The van der Waals surface area contributed by atoms with Gasteiger partial charge >= 0.3 is 0 Å². The molecule has 2 aromatic heterocycles. The summed E-state index contributed by atoms with van der Waals surface area (Å²) in [7, 11) is 0. The zero-order valence-electron chi connectivity index (χ0n) is 11.9. The molecule has 0 bridgehead atoms. The SMILES string of the molecule is O=C(c1cccnc1)N1CCN(CCn2ccnc2)CC1. The van der Waals surface area contributed by atoms with Crippen LogP contribution in [-0.4, -0.2) is 63.0 Å². The molecule has 0 radical (unpaired) electrons. The maximum Gasteiger partial charge on any atom is 0.255 e. The smallest absolute Gasteiger partial charge is 0.255 e. The Hall–Kier alpha value is -2.21. The summed E-state index contributed by atoms with van der Waals surface area (Å²) < 4.78 is 2.08. The van der Waals surface area contributed by atoms with E-state index in [-0.39, 0.29) is 5.91 Å². The molecule has 1 aliphatic heterocycles. The van der Waals surface area contributed by atoms with Gasteiger partial charge in [0.05, 0.1) is 11.9 Å². The lowest BCUT2D eigenvalue weighted by molar-refractivity contribution is 0.0633. The second kappa shape index (κ2) is 6.49. The van der Waals surface area contributed by atoms with Gasteiger partial charge in [-0.25, -0.2) is 4.98 Å². The maximum absolute atomic E-state index is 12.3. The zero-order chi connectivity index (χ0) is 14.5. The monoisotopic (exact) mass is 285 g/mol. The van der Waals surface area contributed by atoms with Crippen molar-refractivity contribution in [3.63, 3.8) is 0 Å². The molecule has 1 saturated heterocycles. The molecule has 1 fully saturated rings. The van der Waals surface area contributed by atoms with Crippen molar-refractivity contribution in [2.75, 3.05) is 32.7 Å². The number of aromatic nitrogens is 3. The summed E-state index contributed by atoms with van der Waals surface area (Å²) in [6.07, 6.45) is 8.92. The molecular weight excluding hydrogens is 266 g/mol. The van der Waals surface area contributed by atoms with Crippen LogP contribution in [0.3, 0.4) is 0 Å². The van der Waals surface area contributed by atoms with E-state index in [0.717, 1.165) is 39.3 Å². The Kier molecular flexibility index (Phi) is 4.25. The summed E-state index contributed by atoms with van der Waals surface area (Å²) >= 11 is 0. The molecule has 1 amide bonds. The molecule has 110 valence electrons. The summed E-state index contributed by atoms with van der Waals surface area (Å²) in [5.41, 5.74) is 0.671. The minimum absolute atomic E-state index is 0.0809. The highest BCUT2D eigenvalue weighted by Crippen LogP contribution is 2.08. The largest absolute Gasteiger partial charge is 0.336 e. The number of carbonyl (C=O) groups is 1. The van der Waals surface area contributed by atoms with E-state index in [1.807, 2.05) is 23.5 Å². The van der Waals surface area contributed by atoms with Crippen molar-refractivity contribution >= 4 is 5.91 Å². The molecule has 0 unspecified atom stereocenters. The molecule has 6 heteroatoms. The lowest BCUT2D eigenvalue weighted by Crippen LogP contribution is -2.49. The third kappa shape index (κ3) is 3.46. The number of pyridine rings is 1. The van der Waals surface area contributed by atoms with E-state index in [0.29, 0.717) is 5.56 Å². The van der Waals surface area contributed by atoms with Crippen LogP contribution in [-0.2, 0) is 6.54 Å². The van der Waals surface area contributed by atoms with Crippen molar-refractivity contribution < 1.29 is 4.79 Å². The number of hydrogen-bond donors (Lipinski definition) is 0. The molecule has 21 heavy (non-hydrogen) atoms. The summed E-state index contributed by atoms with van der Waals surface area (Å²) in [6, 6.07) is 3.62. The van der Waals surface area contributed by atoms with E-state index < -0.39 is 0 Å². The summed E-state index contributed by atoms with van der Waals surface area (Å²) in [4.78, 5) is 24.6. The first kappa shape index (κ1) is 13.8. The van der Waals surface area contributed by atoms with Crippen molar-refractivity contribution in [3.8, 4) is 0 Å². The highest BCUT2D eigenvalue weighted by molar-refractivity contribution is 5.93. The quantitative estimate of drug-likeness (QED) is 0.831. The minimum Gasteiger partial charge on any atom is -0.336 e. The van der Waals surface area contributed by atoms with Crippen molar-refractivity contribution in [2.45, 2.75) is 6.54 Å². The van der Waals surface area contributed by atoms with Gasteiger partial charge in [-0.15, -0.1) is 0 Å². The topological polar surface area (TPSA) is 54.3 Å². The molecule has 0 N–H and O–H groups in total. The fraction of sp³-hybridized carbons (Fsp3) is 0.400. The van der Waals surface area contributed by atoms with Crippen LogP contribution in [0.25, 0.3) is 0 Å². The van der Waals surface area contributed by atoms with Gasteiger partial charge in [0.2, 0.25) is 0 Å². The van der Waals surface area contributed by atoms with Gasteiger partial charge in [-0.2, -0.15) is 0 Å². The predicted octanol–water partition coefficient (Wildman–Crippen LogP) is 0.736. The van der Waals surface area contributed by atoms with E-state index in [4.69, 9.17) is 0 Å². The third-order valence-electron chi connectivity index (χ3n) is 3.80. The Morgan fingerprint density at radius 2 is 1.95 bits per heavy atom. The number of piperazine rings is 1. The molecule has 0 saturated carbocycles. The van der Waals surface area contributed by atoms with E-state index in [9.17, 15) is 4.79 Å². The van der Waals surface area contributed by atoms with E-state index >= 15 is 0 Å². The molecule has 0 spiro atoms. The van der Waals surface area contributed by atoms with E-state index in [2.05, 4.69) is 19.4 Å². The number of hydrogen-bond acceptors (Lipinski definition) is 4. The van der Waals surface area contributed by atoms with Crippen LogP contribution in [0, 0.1) is 0 Å². The van der Waals surface area contributed by atoms with Crippen LogP contribution < -0.4 is 0 Å². The lowest BCUT2D eigenvalue weighted by atomic mass is 10.2. The molecule has 3 rings (SSSR count). The van der Waals surface area contributed by atoms with Gasteiger partial charge in [-0.3, -0.25) is 14.7 Å². The molecule has 0 atom stereocenters. The fourth-order valence-corrected chi connectivity index (χ4v) is 2.52. The first-order valence-electron chi connectivity index (χ1n) is 7.20. The number of carbonyl (C=O) groups excluding carboxylic acids is 1. The Balaban J connectivity index is 1.47. The molecular formula is C15H19N5O. The zero-order valence-corrected chi connectivity index (χ0v) is 11.9. The van der Waals surface area contributed by atoms with Gasteiger partial charge in [0.1, 0.15) is 0 Å². The third-order valence-corrected chi connectivity index (χ3v) is 3.80. The molecule has 0 aromatic carbocycles. The lowest BCUT2D eigenvalue weighted by Gasteiger charge is -2.34. The highest BCUT2D eigenvalue weighted by Gasteiger charge is 2.21. The van der Waals surface area contributed by atoms with Gasteiger partial charge in [0, 0.05) is 64.1 Å². The van der Waals surface area contributed by atoms with Gasteiger partial charge in [-0.05, 0) is 12.1 Å². The standard InChI is InChI=1S/C15H19N5O/c21-15(14-2-1-3-16-12-14)20-10-8-18(9-11-20)6-7-19-5-4-17-13-19/h1-5,12-13H,6-11H2. The first-order valence-corrected chi connectivity index (χ1v) is 7.20. The van der Waals surface area contributed by atoms with Crippen LogP contribution in [0.5, 0.6) is 0 Å². The summed E-state index contributed by atoms with van der Waals surface area (Å²) in [6.45, 7) is 5.32. The predicted molar refractivity (Wildman–Crippen MR) is 78.8 cm³/mol. The summed E-state index contributed by atoms with van der Waals surface area (Å²) in [5.74, 6) is 0.0809. The second-order valence-corrected chi connectivity index (χ2v) is 5.18. The van der Waals surface area contributed by atoms with Crippen molar-refractivity contribution in [1.29, 1.82) is 0 Å². The number of nitrogens with zero attached hydrogens (tertiary/aromatic N) is 5. The fourth-order valence-electron chi connectivity index (χ4n) is 2.52. The van der Waals surface area contributed by atoms with Crippen molar-refractivity contribution in [3.05, 3.63) is 48.8 Å².